The molecule has 0 bridgehead atoms. The topological polar surface area (TPSA) is 113 Å². The molecule has 3 aliphatic rings. The molecule has 0 saturated carbocycles. The van der Waals surface area contributed by atoms with Gasteiger partial charge in [0.1, 0.15) is 12.4 Å². The number of carbonyl (C=O) groups excluding carboxylic acids is 2. The van der Waals surface area contributed by atoms with Crippen LogP contribution in [-0.4, -0.2) is 43.8 Å². The molecule has 38 heavy (non-hydrogen) atoms. The van der Waals surface area contributed by atoms with Gasteiger partial charge in [0.05, 0.1) is 28.5 Å². The van der Waals surface area contributed by atoms with E-state index in [0.717, 1.165) is 10.1 Å². The number of hydrogen-bond acceptors (Lipinski definition) is 6. The highest BCUT2D eigenvalue weighted by molar-refractivity contribution is 14.1. The number of allylic oxidation sites excluding steroid dienone is 6. The third-order valence-electron chi connectivity index (χ3n) is 7.19. The van der Waals surface area contributed by atoms with Crippen molar-refractivity contribution >= 4 is 34.2 Å². The van der Waals surface area contributed by atoms with Gasteiger partial charge >= 0.3 is 11.4 Å². The molecule has 0 spiro atoms. The van der Waals surface area contributed by atoms with E-state index in [9.17, 15) is 24.3 Å². The van der Waals surface area contributed by atoms with Gasteiger partial charge < -0.3 is 9.84 Å². The number of aliphatic hydroxyl groups excluding tert-OH is 1. The molecule has 2 aliphatic carbocycles. The van der Waals surface area contributed by atoms with Crippen LogP contribution in [0, 0.1) is 0 Å². The van der Waals surface area contributed by atoms with Crippen molar-refractivity contribution < 1.29 is 19.4 Å². The number of ether oxygens (including phenoxy) is 1. The van der Waals surface area contributed by atoms with Gasteiger partial charge in [0, 0.05) is 35.1 Å². The maximum absolute atomic E-state index is 13.7. The predicted octanol–water partition coefficient (Wildman–Crippen LogP) is 2.61. The average molecular weight is 623 g/mol. The molecule has 6 rings (SSSR count). The number of halogens is 1. The van der Waals surface area contributed by atoms with Gasteiger partial charge in [-0.25, -0.2) is 23.5 Å². The fourth-order valence-corrected chi connectivity index (χ4v) is 6.20. The number of carbonyl (C=O) groups is 2. The number of fused-ring (bicyclic) bond motifs is 3. The van der Waals surface area contributed by atoms with Crippen molar-refractivity contribution in [3.05, 3.63) is 114 Å². The van der Waals surface area contributed by atoms with Crippen LogP contribution in [-0.2, 0) is 16.1 Å². The minimum atomic E-state index is -0.663. The van der Waals surface area contributed by atoms with Gasteiger partial charge in [-0.2, -0.15) is 0 Å². The molecule has 0 fully saturated rings. The quantitative estimate of drug-likeness (QED) is 0.266. The predicted molar refractivity (Wildman–Crippen MR) is 147 cm³/mol. The molecule has 9 nitrogen and oxygen atoms in total. The maximum Gasteiger partial charge on any atom is 0.352 e. The molecule has 1 aromatic heterocycles. The first-order valence-corrected chi connectivity index (χ1v) is 13.2. The fraction of sp³-hybridized carbons (Fsp3) is 0.214. The van der Waals surface area contributed by atoms with Crippen molar-refractivity contribution in [1.82, 2.24) is 13.9 Å². The van der Waals surface area contributed by atoms with Crippen LogP contribution in [0.2, 0.25) is 0 Å². The second kappa shape index (κ2) is 9.52. The van der Waals surface area contributed by atoms with Gasteiger partial charge in [-0.15, -0.1) is 0 Å². The SMILES string of the molecule is O=C1C=C(I)C(=O)C2=C1CC1C(=CCn3c(=O)n(-c4ccccc4)c(=O)n31)C2c1ccccc1OCCO. The van der Waals surface area contributed by atoms with Crippen LogP contribution in [0.15, 0.2) is 96.6 Å². The summed E-state index contributed by atoms with van der Waals surface area (Å²) < 4.78 is 10.1. The van der Waals surface area contributed by atoms with Gasteiger partial charge in [-0.3, -0.25) is 9.59 Å². The normalized spacial score (nSPS) is 20.4. The molecule has 0 amide bonds. The number of benzene rings is 2. The highest BCUT2D eigenvalue weighted by Crippen LogP contribution is 2.51. The van der Waals surface area contributed by atoms with Crippen molar-refractivity contribution in [2.45, 2.75) is 24.9 Å². The number of nitrogens with zero attached hydrogens (tertiary/aromatic N) is 3. The van der Waals surface area contributed by atoms with E-state index in [0.29, 0.717) is 31.7 Å². The third-order valence-corrected chi connectivity index (χ3v) is 8.00. The molecule has 0 saturated heterocycles. The minimum absolute atomic E-state index is 0.0569. The summed E-state index contributed by atoms with van der Waals surface area (Å²) in [6, 6.07) is 15.2. The largest absolute Gasteiger partial charge is 0.491 e. The minimum Gasteiger partial charge on any atom is -0.491 e. The van der Waals surface area contributed by atoms with Crippen LogP contribution in [0.25, 0.3) is 5.69 Å². The first-order valence-electron chi connectivity index (χ1n) is 12.1. The van der Waals surface area contributed by atoms with Crippen LogP contribution in [0.5, 0.6) is 5.75 Å². The Hall–Kier alpha value is -3.77. The van der Waals surface area contributed by atoms with E-state index in [-0.39, 0.29) is 37.7 Å². The number of rotatable bonds is 5. The van der Waals surface area contributed by atoms with Crippen LogP contribution >= 0.6 is 22.6 Å². The second-order valence-electron chi connectivity index (χ2n) is 9.21. The second-order valence-corrected chi connectivity index (χ2v) is 10.4. The van der Waals surface area contributed by atoms with E-state index >= 15 is 0 Å². The summed E-state index contributed by atoms with van der Waals surface area (Å²) in [6.07, 6.45) is 3.32. The average Bonchev–Trinajstić information content (AvgIpc) is 3.19. The lowest BCUT2D eigenvalue weighted by Gasteiger charge is -2.39. The Morgan fingerprint density at radius 3 is 2.47 bits per heavy atom. The van der Waals surface area contributed by atoms with Gasteiger partial charge in [0.25, 0.3) is 0 Å². The molecule has 1 N–H and O–H groups in total. The lowest BCUT2D eigenvalue weighted by atomic mass is 9.68. The molecule has 1 aliphatic heterocycles. The highest BCUT2D eigenvalue weighted by atomic mass is 127. The zero-order valence-electron chi connectivity index (χ0n) is 20.0. The number of para-hydroxylation sites is 2. The van der Waals surface area contributed by atoms with E-state index in [2.05, 4.69) is 0 Å². The Morgan fingerprint density at radius 1 is 0.974 bits per heavy atom. The van der Waals surface area contributed by atoms with Gasteiger partial charge in [0.2, 0.25) is 0 Å². The zero-order valence-corrected chi connectivity index (χ0v) is 22.2. The highest BCUT2D eigenvalue weighted by Gasteiger charge is 2.45. The number of ketones is 2. The van der Waals surface area contributed by atoms with Crippen LogP contribution in [0.3, 0.4) is 0 Å². The molecule has 2 unspecified atom stereocenters. The molecule has 192 valence electrons. The number of aromatic nitrogens is 3. The van der Waals surface area contributed by atoms with Gasteiger partial charge in [-0.1, -0.05) is 42.5 Å². The van der Waals surface area contributed by atoms with Gasteiger partial charge in [-0.05, 0) is 46.4 Å². The molecular weight excluding hydrogens is 601 g/mol. The Morgan fingerprint density at radius 2 is 1.71 bits per heavy atom. The molecule has 2 aromatic carbocycles. The fourth-order valence-electron chi connectivity index (χ4n) is 5.63. The monoisotopic (exact) mass is 623 g/mol. The maximum atomic E-state index is 13.7. The number of Topliss-reactive ketones (excluding diaryl/α,β-unsaturated/α-hetero) is 1. The van der Waals surface area contributed by atoms with Gasteiger partial charge in [0.15, 0.2) is 11.6 Å². The summed E-state index contributed by atoms with van der Waals surface area (Å²) >= 11 is 1.88. The number of hydrogen-bond donors (Lipinski definition) is 1. The first-order chi connectivity index (χ1) is 18.4. The van der Waals surface area contributed by atoms with Crippen LogP contribution in [0.1, 0.15) is 23.9 Å². The smallest absolute Gasteiger partial charge is 0.352 e. The Bertz CT molecular complexity index is 1710. The summed E-state index contributed by atoms with van der Waals surface area (Å²) in [4.78, 5) is 53.9. The number of aliphatic hydroxyl groups is 1. The summed E-state index contributed by atoms with van der Waals surface area (Å²) in [7, 11) is 0. The summed E-state index contributed by atoms with van der Waals surface area (Å²) in [6.45, 7) is -0.0000654. The van der Waals surface area contributed by atoms with E-state index in [1.807, 2.05) is 40.8 Å². The van der Waals surface area contributed by atoms with E-state index in [4.69, 9.17) is 4.74 Å². The summed E-state index contributed by atoms with van der Waals surface area (Å²) in [5.74, 6) is -0.707. The van der Waals surface area contributed by atoms with Crippen molar-refractivity contribution in [1.29, 1.82) is 0 Å². The first kappa shape index (κ1) is 24.6. The van der Waals surface area contributed by atoms with Crippen LogP contribution in [0.4, 0.5) is 0 Å². The Balaban J connectivity index is 1.58. The van der Waals surface area contributed by atoms with Crippen molar-refractivity contribution in [3.63, 3.8) is 0 Å². The van der Waals surface area contributed by atoms with E-state index in [1.165, 1.54) is 15.4 Å². The Labute approximate surface area is 230 Å². The van der Waals surface area contributed by atoms with E-state index < -0.39 is 23.3 Å². The third kappa shape index (κ3) is 3.70. The summed E-state index contributed by atoms with van der Waals surface area (Å²) in [5.41, 5.74) is 1.58. The summed E-state index contributed by atoms with van der Waals surface area (Å²) in [5, 5.41) is 9.35. The molecule has 3 aromatic rings. The lowest BCUT2D eigenvalue weighted by Crippen LogP contribution is -2.40. The lowest BCUT2D eigenvalue weighted by molar-refractivity contribution is -0.115. The molecular formula is C28H22IN3O6. The van der Waals surface area contributed by atoms with Crippen LogP contribution < -0.4 is 16.1 Å². The Kier molecular flexibility index (Phi) is 6.15. The molecule has 2 heterocycles. The standard InChI is InChI=1S/C28H22IN3O6/c29-20-15-22(34)19-14-21-17(24(25(19)26(20)35)18-8-4-5-9-23(18)38-13-12-33)10-11-30-27(36)31(28(37)32(21)30)16-6-2-1-3-7-16/h1-10,15,21,24,33H,11-14H2. The molecule has 2 atom stereocenters. The molecule has 0 radical (unpaired) electrons. The van der Waals surface area contributed by atoms with Crippen molar-refractivity contribution in [2.75, 3.05) is 13.2 Å². The van der Waals surface area contributed by atoms with Crippen molar-refractivity contribution in [2.24, 2.45) is 0 Å². The zero-order chi connectivity index (χ0) is 26.6. The molecule has 10 heteroatoms. The van der Waals surface area contributed by atoms with E-state index in [1.54, 1.807) is 42.5 Å². The van der Waals surface area contributed by atoms with Crippen molar-refractivity contribution in [3.8, 4) is 11.4 Å².